The first-order chi connectivity index (χ1) is 9.74. The number of rotatable bonds is 3. The monoisotopic (exact) mass is 286 g/mol. The third kappa shape index (κ3) is 2.48. The first kappa shape index (κ1) is 12.6. The number of hydrogen-bond acceptors (Lipinski definition) is 5. The van der Waals surface area contributed by atoms with Gasteiger partial charge in [-0.15, -0.1) is 0 Å². The van der Waals surface area contributed by atoms with E-state index in [1.54, 1.807) is 30.6 Å². The molecule has 0 unspecified atom stereocenters. The summed E-state index contributed by atoms with van der Waals surface area (Å²) >= 11 is 6.12. The Kier molecular flexibility index (Phi) is 3.35. The average Bonchev–Trinajstić information content (AvgIpc) is 2.88. The van der Waals surface area contributed by atoms with Crippen LogP contribution < -0.4 is 5.73 Å². The van der Waals surface area contributed by atoms with Crippen molar-refractivity contribution in [1.82, 2.24) is 15.1 Å². The van der Waals surface area contributed by atoms with E-state index in [9.17, 15) is 0 Å². The molecule has 0 saturated carbocycles. The molecule has 2 N–H and O–H groups in total. The summed E-state index contributed by atoms with van der Waals surface area (Å²) in [6.07, 6.45) is 4.02. The van der Waals surface area contributed by atoms with Crippen LogP contribution in [0.1, 0.15) is 11.4 Å². The van der Waals surface area contributed by atoms with Crippen LogP contribution >= 0.6 is 11.6 Å². The molecule has 0 aliphatic rings. The van der Waals surface area contributed by atoms with Crippen molar-refractivity contribution in [3.63, 3.8) is 0 Å². The van der Waals surface area contributed by atoms with Crippen molar-refractivity contribution in [3.05, 3.63) is 59.1 Å². The predicted molar refractivity (Wildman–Crippen MR) is 76.2 cm³/mol. The normalized spacial score (nSPS) is 10.7. The molecule has 0 radical (unpaired) electrons. The molecular formula is C14H11ClN4O. The molecule has 0 bridgehead atoms. The van der Waals surface area contributed by atoms with Crippen LogP contribution in [0.15, 0.2) is 47.2 Å². The van der Waals surface area contributed by atoms with Crippen LogP contribution in [0.25, 0.3) is 11.5 Å². The zero-order valence-electron chi connectivity index (χ0n) is 10.5. The van der Waals surface area contributed by atoms with Crippen LogP contribution in [-0.4, -0.2) is 15.1 Å². The van der Waals surface area contributed by atoms with Gasteiger partial charge in [-0.25, -0.2) is 0 Å². The van der Waals surface area contributed by atoms with E-state index >= 15 is 0 Å². The molecule has 0 aliphatic heterocycles. The lowest BCUT2D eigenvalue weighted by atomic mass is 10.1. The molecule has 2 aromatic heterocycles. The summed E-state index contributed by atoms with van der Waals surface area (Å²) in [6.45, 7) is 0. The van der Waals surface area contributed by atoms with Gasteiger partial charge in [0.25, 0.3) is 5.89 Å². The molecule has 0 aliphatic carbocycles. The Morgan fingerprint density at radius 3 is 2.70 bits per heavy atom. The van der Waals surface area contributed by atoms with Crippen molar-refractivity contribution in [1.29, 1.82) is 0 Å². The number of nitrogens with zero attached hydrogens (tertiary/aromatic N) is 3. The SMILES string of the molecule is Nc1cccc(Cl)c1-c1nc(Cc2ccncc2)no1. The van der Waals surface area contributed by atoms with Gasteiger partial charge in [0, 0.05) is 24.5 Å². The van der Waals surface area contributed by atoms with Crippen LogP contribution in [0.5, 0.6) is 0 Å². The van der Waals surface area contributed by atoms with Gasteiger partial charge >= 0.3 is 0 Å². The van der Waals surface area contributed by atoms with E-state index in [1.165, 1.54) is 0 Å². The number of nitrogens with two attached hydrogens (primary N) is 1. The Hall–Kier alpha value is -2.40. The zero-order valence-corrected chi connectivity index (χ0v) is 11.2. The minimum absolute atomic E-state index is 0.331. The summed E-state index contributed by atoms with van der Waals surface area (Å²) in [5, 5.41) is 4.44. The van der Waals surface area contributed by atoms with Gasteiger partial charge in [-0.2, -0.15) is 4.98 Å². The second kappa shape index (κ2) is 5.30. The van der Waals surface area contributed by atoms with Crippen LogP contribution in [0.2, 0.25) is 5.02 Å². The molecule has 3 aromatic rings. The van der Waals surface area contributed by atoms with Crippen molar-refractivity contribution in [2.45, 2.75) is 6.42 Å². The maximum atomic E-state index is 6.12. The third-order valence-electron chi connectivity index (χ3n) is 2.84. The fourth-order valence-electron chi connectivity index (χ4n) is 1.88. The zero-order chi connectivity index (χ0) is 13.9. The van der Waals surface area contributed by atoms with E-state index in [0.717, 1.165) is 5.56 Å². The van der Waals surface area contributed by atoms with E-state index < -0.39 is 0 Å². The Morgan fingerprint density at radius 1 is 1.15 bits per heavy atom. The second-order valence-electron chi connectivity index (χ2n) is 4.25. The Balaban J connectivity index is 1.91. The molecular weight excluding hydrogens is 276 g/mol. The Morgan fingerprint density at radius 2 is 1.95 bits per heavy atom. The summed E-state index contributed by atoms with van der Waals surface area (Å²) in [6, 6.07) is 9.06. The molecule has 20 heavy (non-hydrogen) atoms. The van der Waals surface area contributed by atoms with Gasteiger partial charge in [0.05, 0.1) is 10.6 Å². The number of benzene rings is 1. The van der Waals surface area contributed by atoms with Crippen molar-refractivity contribution < 1.29 is 4.52 Å². The molecule has 0 spiro atoms. The van der Waals surface area contributed by atoms with Gasteiger partial charge in [0.15, 0.2) is 5.82 Å². The van der Waals surface area contributed by atoms with E-state index in [-0.39, 0.29) is 0 Å². The Bertz CT molecular complexity index is 707. The van der Waals surface area contributed by atoms with E-state index in [1.807, 2.05) is 12.1 Å². The van der Waals surface area contributed by atoms with Crippen molar-refractivity contribution >= 4 is 17.3 Å². The predicted octanol–water partition coefficient (Wildman–Crippen LogP) is 2.96. The molecule has 6 heteroatoms. The maximum Gasteiger partial charge on any atom is 0.261 e. The fraction of sp³-hybridized carbons (Fsp3) is 0.0714. The van der Waals surface area contributed by atoms with Crippen molar-refractivity contribution in [2.24, 2.45) is 0 Å². The summed E-state index contributed by atoms with van der Waals surface area (Å²) in [4.78, 5) is 8.30. The smallest absolute Gasteiger partial charge is 0.261 e. The van der Waals surface area contributed by atoms with Crippen LogP contribution in [-0.2, 0) is 6.42 Å². The largest absolute Gasteiger partial charge is 0.398 e. The number of aromatic nitrogens is 3. The lowest BCUT2D eigenvalue weighted by Crippen LogP contribution is -1.93. The molecule has 0 fully saturated rings. The molecule has 2 heterocycles. The first-order valence-electron chi connectivity index (χ1n) is 6.00. The summed E-state index contributed by atoms with van der Waals surface area (Å²) in [5.74, 6) is 0.905. The molecule has 5 nitrogen and oxygen atoms in total. The highest BCUT2D eigenvalue weighted by atomic mass is 35.5. The number of halogens is 1. The summed E-state index contributed by atoms with van der Waals surface area (Å²) < 4.78 is 5.24. The molecule has 0 amide bonds. The third-order valence-corrected chi connectivity index (χ3v) is 3.15. The number of hydrogen-bond donors (Lipinski definition) is 1. The van der Waals surface area contributed by atoms with Crippen molar-refractivity contribution in [3.8, 4) is 11.5 Å². The van der Waals surface area contributed by atoms with Gasteiger partial charge in [0.2, 0.25) is 0 Å². The first-order valence-corrected chi connectivity index (χ1v) is 6.37. The molecule has 1 aromatic carbocycles. The number of anilines is 1. The van der Waals surface area contributed by atoms with Crippen molar-refractivity contribution in [2.75, 3.05) is 5.73 Å². The minimum atomic E-state index is 0.331. The van der Waals surface area contributed by atoms with Crippen LogP contribution in [0.3, 0.4) is 0 Å². The Labute approximate surface area is 120 Å². The average molecular weight is 287 g/mol. The number of pyridine rings is 1. The molecule has 0 saturated heterocycles. The minimum Gasteiger partial charge on any atom is -0.398 e. The molecule has 3 rings (SSSR count). The van der Waals surface area contributed by atoms with Gasteiger partial charge in [-0.3, -0.25) is 4.98 Å². The topological polar surface area (TPSA) is 77.8 Å². The van der Waals surface area contributed by atoms with E-state index in [4.69, 9.17) is 21.9 Å². The van der Waals surface area contributed by atoms with Gasteiger partial charge in [0.1, 0.15) is 0 Å². The molecule has 0 atom stereocenters. The van der Waals surface area contributed by atoms with E-state index in [2.05, 4.69) is 15.1 Å². The standard InChI is InChI=1S/C14H11ClN4O/c15-10-2-1-3-11(16)13(10)14-18-12(19-20-14)8-9-4-6-17-7-5-9/h1-7H,8,16H2. The number of nitrogen functional groups attached to an aromatic ring is 1. The fourth-order valence-corrected chi connectivity index (χ4v) is 2.14. The van der Waals surface area contributed by atoms with Crippen LogP contribution in [0.4, 0.5) is 5.69 Å². The maximum absolute atomic E-state index is 6.12. The lowest BCUT2D eigenvalue weighted by Gasteiger charge is -2.01. The highest BCUT2D eigenvalue weighted by Gasteiger charge is 2.15. The highest BCUT2D eigenvalue weighted by molar-refractivity contribution is 6.33. The summed E-state index contributed by atoms with van der Waals surface area (Å²) in [5.41, 5.74) is 8.03. The van der Waals surface area contributed by atoms with E-state index in [0.29, 0.717) is 34.4 Å². The second-order valence-corrected chi connectivity index (χ2v) is 4.66. The van der Waals surface area contributed by atoms with Gasteiger partial charge in [-0.05, 0) is 29.8 Å². The van der Waals surface area contributed by atoms with Crippen LogP contribution in [0, 0.1) is 0 Å². The van der Waals surface area contributed by atoms with Gasteiger partial charge in [-0.1, -0.05) is 22.8 Å². The lowest BCUT2D eigenvalue weighted by molar-refractivity contribution is 0.424. The van der Waals surface area contributed by atoms with Gasteiger partial charge < -0.3 is 10.3 Å². The quantitative estimate of drug-likeness (QED) is 0.749. The summed E-state index contributed by atoms with van der Waals surface area (Å²) in [7, 11) is 0. The highest BCUT2D eigenvalue weighted by Crippen LogP contribution is 2.31. The molecule has 100 valence electrons.